The fourth-order valence-corrected chi connectivity index (χ4v) is 2.24. The lowest BCUT2D eigenvalue weighted by Gasteiger charge is -2.19. The Morgan fingerprint density at radius 1 is 1.05 bits per heavy atom. The Balaban J connectivity index is 2.68. The fourth-order valence-electron chi connectivity index (χ4n) is 2.24. The molecule has 0 aliphatic carbocycles. The number of esters is 1. The zero-order valence-corrected chi connectivity index (χ0v) is 14.4. The number of nitrogens with zero attached hydrogens (tertiary/aromatic N) is 1. The van der Waals surface area contributed by atoms with E-state index in [0.29, 0.717) is 5.92 Å². The second-order valence-electron chi connectivity index (χ2n) is 6.37. The lowest BCUT2D eigenvalue weighted by Crippen LogP contribution is -2.35. The second kappa shape index (κ2) is 7.97. The number of amides is 1. The number of carbonyl (C=O) groups excluding carboxylic acids is 2. The van der Waals surface area contributed by atoms with Gasteiger partial charge in [-0.2, -0.15) is 0 Å². The van der Waals surface area contributed by atoms with Gasteiger partial charge in [0.05, 0.1) is 5.92 Å². The molecule has 2 atom stereocenters. The molecule has 1 aromatic rings. The van der Waals surface area contributed by atoms with Crippen molar-refractivity contribution in [1.29, 1.82) is 0 Å². The summed E-state index contributed by atoms with van der Waals surface area (Å²) < 4.78 is 5.25. The van der Waals surface area contributed by atoms with Gasteiger partial charge in [0.15, 0.2) is 6.10 Å². The van der Waals surface area contributed by atoms with Gasteiger partial charge in [-0.15, -0.1) is 0 Å². The summed E-state index contributed by atoms with van der Waals surface area (Å²) in [6, 6.07) is 8.02. The molecule has 1 rings (SSSR count). The first-order valence-corrected chi connectivity index (χ1v) is 7.72. The van der Waals surface area contributed by atoms with Crippen LogP contribution in [0.25, 0.3) is 0 Å². The van der Waals surface area contributed by atoms with Crippen molar-refractivity contribution >= 4 is 11.9 Å². The summed E-state index contributed by atoms with van der Waals surface area (Å²) in [6.45, 7) is 7.75. The first kappa shape index (κ1) is 18.2. The average molecular weight is 305 g/mol. The van der Waals surface area contributed by atoms with E-state index in [0.717, 1.165) is 12.0 Å². The number of likely N-dealkylation sites (N-methyl/N-ethyl adjacent to an activating group) is 1. The molecule has 0 saturated heterocycles. The summed E-state index contributed by atoms with van der Waals surface area (Å²) >= 11 is 0. The van der Waals surface area contributed by atoms with Gasteiger partial charge < -0.3 is 9.64 Å². The quantitative estimate of drug-likeness (QED) is 0.759. The van der Waals surface area contributed by atoms with E-state index in [1.165, 1.54) is 10.5 Å². The molecule has 4 nitrogen and oxygen atoms in total. The number of carbonyl (C=O) groups is 2. The number of ether oxygens (including phenoxy) is 1. The third kappa shape index (κ3) is 5.17. The highest BCUT2D eigenvalue weighted by atomic mass is 16.5. The molecule has 1 aromatic carbocycles. The largest absolute Gasteiger partial charge is 0.452 e. The van der Waals surface area contributed by atoms with E-state index in [9.17, 15) is 9.59 Å². The molecule has 0 aromatic heterocycles. The van der Waals surface area contributed by atoms with Crippen molar-refractivity contribution in [1.82, 2.24) is 4.90 Å². The van der Waals surface area contributed by atoms with Crippen molar-refractivity contribution in [3.63, 3.8) is 0 Å². The van der Waals surface area contributed by atoms with Gasteiger partial charge in [-0.3, -0.25) is 9.59 Å². The third-order valence-electron chi connectivity index (χ3n) is 3.56. The molecule has 0 saturated carbocycles. The van der Waals surface area contributed by atoms with Crippen LogP contribution in [0.1, 0.15) is 44.7 Å². The number of hydrogen-bond donors (Lipinski definition) is 0. The topological polar surface area (TPSA) is 46.6 Å². The van der Waals surface area contributed by atoms with E-state index in [4.69, 9.17) is 4.74 Å². The van der Waals surface area contributed by atoms with Crippen LogP contribution in [0.15, 0.2) is 24.3 Å². The molecule has 0 aliphatic rings. The first-order valence-electron chi connectivity index (χ1n) is 7.72. The minimum atomic E-state index is -0.759. The Morgan fingerprint density at radius 2 is 1.59 bits per heavy atom. The van der Waals surface area contributed by atoms with E-state index >= 15 is 0 Å². The molecule has 0 bridgehead atoms. The molecule has 1 amide bonds. The maximum absolute atomic E-state index is 12.2. The standard InChI is InChI=1S/C18H27NO3/c1-12(2)11-15-7-9-16(10-8-15)13(3)18(21)22-14(4)17(20)19(5)6/h7-10,12-14H,11H2,1-6H3/t13-,14+/m1/s1. The van der Waals surface area contributed by atoms with Crippen LogP contribution in [0.2, 0.25) is 0 Å². The Morgan fingerprint density at radius 3 is 2.05 bits per heavy atom. The normalized spacial score (nSPS) is 13.6. The zero-order valence-electron chi connectivity index (χ0n) is 14.4. The first-order chi connectivity index (χ1) is 10.2. The highest BCUT2D eigenvalue weighted by Crippen LogP contribution is 2.19. The van der Waals surface area contributed by atoms with E-state index in [2.05, 4.69) is 13.8 Å². The maximum Gasteiger partial charge on any atom is 0.313 e. The lowest BCUT2D eigenvalue weighted by molar-refractivity contribution is -0.158. The summed E-state index contributed by atoms with van der Waals surface area (Å²) in [5.74, 6) is -0.371. The van der Waals surface area contributed by atoms with Crippen LogP contribution in [0.3, 0.4) is 0 Å². The molecule has 0 fully saturated rings. The van der Waals surface area contributed by atoms with Gasteiger partial charge in [0.1, 0.15) is 0 Å². The van der Waals surface area contributed by atoms with Crippen molar-refractivity contribution in [2.24, 2.45) is 5.92 Å². The van der Waals surface area contributed by atoms with Gasteiger partial charge in [0, 0.05) is 14.1 Å². The Kier molecular flexibility index (Phi) is 6.60. The highest BCUT2D eigenvalue weighted by molar-refractivity contribution is 5.85. The van der Waals surface area contributed by atoms with Crippen LogP contribution in [0, 0.1) is 5.92 Å². The molecule has 0 spiro atoms. The smallest absolute Gasteiger partial charge is 0.313 e. The van der Waals surface area contributed by atoms with Crippen molar-refractivity contribution < 1.29 is 14.3 Å². The van der Waals surface area contributed by atoms with Crippen molar-refractivity contribution in [2.75, 3.05) is 14.1 Å². The van der Waals surface area contributed by atoms with Crippen LogP contribution in [0.5, 0.6) is 0 Å². The second-order valence-corrected chi connectivity index (χ2v) is 6.37. The minimum Gasteiger partial charge on any atom is -0.452 e. The molecular weight excluding hydrogens is 278 g/mol. The molecule has 0 heterocycles. The van der Waals surface area contributed by atoms with Crippen LogP contribution in [0.4, 0.5) is 0 Å². The summed E-state index contributed by atoms with van der Waals surface area (Å²) in [5.41, 5.74) is 2.16. The maximum atomic E-state index is 12.2. The molecule has 4 heteroatoms. The van der Waals surface area contributed by atoms with Crippen LogP contribution in [-0.4, -0.2) is 37.0 Å². The molecule has 22 heavy (non-hydrogen) atoms. The third-order valence-corrected chi connectivity index (χ3v) is 3.56. The van der Waals surface area contributed by atoms with Gasteiger partial charge in [-0.1, -0.05) is 38.1 Å². The Hall–Kier alpha value is -1.84. The van der Waals surface area contributed by atoms with Gasteiger partial charge >= 0.3 is 5.97 Å². The molecule has 0 N–H and O–H groups in total. The predicted molar refractivity (Wildman–Crippen MR) is 87.6 cm³/mol. The van der Waals surface area contributed by atoms with Gasteiger partial charge in [0.25, 0.3) is 5.91 Å². The molecule has 0 radical (unpaired) electrons. The van der Waals surface area contributed by atoms with Crippen molar-refractivity contribution in [3.8, 4) is 0 Å². The van der Waals surface area contributed by atoms with Crippen LogP contribution < -0.4 is 0 Å². The van der Waals surface area contributed by atoms with E-state index in [-0.39, 0.29) is 17.8 Å². The summed E-state index contributed by atoms with van der Waals surface area (Å²) in [4.78, 5) is 25.3. The Labute approximate surface area is 133 Å². The monoisotopic (exact) mass is 305 g/mol. The van der Waals surface area contributed by atoms with Gasteiger partial charge in [-0.25, -0.2) is 0 Å². The van der Waals surface area contributed by atoms with E-state index in [1.54, 1.807) is 27.9 Å². The molecular formula is C18H27NO3. The van der Waals surface area contributed by atoms with Gasteiger partial charge in [-0.05, 0) is 37.3 Å². The number of hydrogen-bond acceptors (Lipinski definition) is 3. The van der Waals surface area contributed by atoms with Crippen molar-refractivity contribution in [2.45, 2.75) is 46.1 Å². The average Bonchev–Trinajstić information content (AvgIpc) is 2.45. The highest BCUT2D eigenvalue weighted by Gasteiger charge is 2.23. The molecule has 0 unspecified atom stereocenters. The Bertz CT molecular complexity index is 506. The van der Waals surface area contributed by atoms with Crippen LogP contribution >= 0.6 is 0 Å². The molecule has 122 valence electrons. The number of benzene rings is 1. The van der Waals surface area contributed by atoms with E-state index in [1.807, 2.05) is 24.3 Å². The number of rotatable bonds is 6. The SMILES string of the molecule is CC(C)Cc1ccc([C@@H](C)C(=O)O[C@@H](C)C(=O)N(C)C)cc1. The summed E-state index contributed by atoms with van der Waals surface area (Å²) in [7, 11) is 3.28. The zero-order chi connectivity index (χ0) is 16.9. The predicted octanol–water partition coefficient (Wildman–Crippen LogP) is 3.01. The van der Waals surface area contributed by atoms with Crippen LogP contribution in [-0.2, 0) is 20.7 Å². The summed E-state index contributed by atoms with van der Waals surface area (Å²) in [6.07, 6.45) is 0.262. The fraction of sp³-hybridized carbons (Fsp3) is 0.556. The van der Waals surface area contributed by atoms with E-state index < -0.39 is 6.10 Å². The van der Waals surface area contributed by atoms with Gasteiger partial charge in [0.2, 0.25) is 0 Å². The van der Waals surface area contributed by atoms with Crippen molar-refractivity contribution in [3.05, 3.63) is 35.4 Å². The molecule has 0 aliphatic heterocycles. The summed E-state index contributed by atoms with van der Waals surface area (Å²) in [5, 5.41) is 0. The minimum absolute atomic E-state index is 0.215. The lowest BCUT2D eigenvalue weighted by atomic mass is 9.97.